The van der Waals surface area contributed by atoms with Gasteiger partial charge in [-0.1, -0.05) is 6.07 Å². The summed E-state index contributed by atoms with van der Waals surface area (Å²) < 4.78 is 12.5. The normalized spacial score (nSPS) is 10.2. The number of ether oxygens (including phenoxy) is 2. The highest BCUT2D eigenvalue weighted by Gasteiger charge is 2.10. The molecule has 0 spiro atoms. The van der Waals surface area contributed by atoms with Gasteiger partial charge in [0, 0.05) is 20.2 Å². The Balaban J connectivity index is 2.07. The van der Waals surface area contributed by atoms with Crippen LogP contribution in [-0.4, -0.2) is 29.3 Å². The first kappa shape index (κ1) is 18.1. The third-order valence-electron chi connectivity index (χ3n) is 3.67. The van der Waals surface area contributed by atoms with Crippen molar-refractivity contribution in [2.75, 3.05) is 19.6 Å². The Morgan fingerprint density at radius 2 is 1.72 bits per heavy atom. The van der Waals surface area contributed by atoms with Crippen LogP contribution < -0.4 is 31.6 Å². The van der Waals surface area contributed by atoms with Crippen LogP contribution in [0.4, 0.5) is 5.82 Å². The quantitative estimate of drug-likeness (QED) is 0.700. The average molecular weight is 348 g/mol. The van der Waals surface area contributed by atoms with Crippen molar-refractivity contribution in [3.8, 4) is 11.5 Å². The van der Waals surface area contributed by atoms with Gasteiger partial charge in [-0.25, -0.2) is 4.79 Å². The number of rotatable bonds is 6. The molecule has 0 saturated heterocycles. The number of methoxy groups -OCH3 is 2. The maximum Gasteiger partial charge on any atom is 0.332 e. The predicted octanol–water partition coefficient (Wildman–Crippen LogP) is -0.213. The fraction of sp³-hybridized carbons (Fsp3) is 0.312. The number of aromatic nitrogens is 2. The number of anilines is 1. The van der Waals surface area contributed by atoms with Gasteiger partial charge < -0.3 is 9.47 Å². The van der Waals surface area contributed by atoms with E-state index in [9.17, 15) is 14.4 Å². The van der Waals surface area contributed by atoms with E-state index in [1.54, 1.807) is 18.2 Å². The van der Waals surface area contributed by atoms with Gasteiger partial charge in [0.2, 0.25) is 5.91 Å². The van der Waals surface area contributed by atoms with E-state index < -0.39 is 11.2 Å². The van der Waals surface area contributed by atoms with Crippen LogP contribution in [0.1, 0.15) is 5.56 Å². The molecule has 2 rings (SSSR count). The molecule has 0 aliphatic carbocycles. The first-order chi connectivity index (χ1) is 11.9. The number of carbonyl (C=O) groups is 1. The van der Waals surface area contributed by atoms with Crippen LogP contribution in [0.25, 0.3) is 0 Å². The summed E-state index contributed by atoms with van der Waals surface area (Å²) in [4.78, 5) is 35.5. The highest BCUT2D eigenvalue weighted by atomic mass is 16.5. The zero-order valence-corrected chi connectivity index (χ0v) is 14.5. The van der Waals surface area contributed by atoms with Crippen molar-refractivity contribution < 1.29 is 14.3 Å². The minimum atomic E-state index is -0.496. The van der Waals surface area contributed by atoms with E-state index in [0.29, 0.717) is 11.5 Å². The van der Waals surface area contributed by atoms with Crippen LogP contribution >= 0.6 is 0 Å². The fourth-order valence-electron chi connectivity index (χ4n) is 2.21. The molecular formula is C16H20N4O5. The molecule has 1 heterocycles. The van der Waals surface area contributed by atoms with Gasteiger partial charge in [-0.2, -0.15) is 0 Å². The predicted molar refractivity (Wildman–Crippen MR) is 91.9 cm³/mol. The summed E-state index contributed by atoms with van der Waals surface area (Å²) in [7, 11) is 5.91. The molecule has 0 atom stereocenters. The topological polar surface area (TPSA) is 104 Å². The van der Waals surface area contributed by atoms with Gasteiger partial charge in [0.25, 0.3) is 5.56 Å². The van der Waals surface area contributed by atoms with Crippen LogP contribution in [0.15, 0.2) is 33.9 Å². The fourth-order valence-corrected chi connectivity index (χ4v) is 2.21. The van der Waals surface area contributed by atoms with E-state index >= 15 is 0 Å². The van der Waals surface area contributed by atoms with Gasteiger partial charge in [0.05, 0.1) is 20.6 Å². The molecule has 0 saturated carbocycles. The minimum Gasteiger partial charge on any atom is -0.493 e. The van der Waals surface area contributed by atoms with Crippen molar-refractivity contribution in [3.05, 3.63) is 50.7 Å². The van der Waals surface area contributed by atoms with E-state index in [1.165, 1.54) is 38.9 Å². The molecule has 0 fully saturated rings. The summed E-state index contributed by atoms with van der Waals surface area (Å²) in [6.07, 6.45) is 0.0755. The number of amides is 1. The third kappa shape index (κ3) is 4.00. The van der Waals surface area contributed by atoms with E-state index in [0.717, 1.165) is 10.1 Å². The van der Waals surface area contributed by atoms with Gasteiger partial charge in [0.15, 0.2) is 11.5 Å². The second kappa shape index (κ2) is 7.56. The Morgan fingerprint density at radius 1 is 1.04 bits per heavy atom. The highest BCUT2D eigenvalue weighted by Crippen LogP contribution is 2.27. The van der Waals surface area contributed by atoms with Gasteiger partial charge in [-0.3, -0.25) is 29.6 Å². The van der Waals surface area contributed by atoms with E-state index in [-0.39, 0.29) is 18.1 Å². The zero-order valence-electron chi connectivity index (χ0n) is 14.5. The maximum absolute atomic E-state index is 12.1. The minimum absolute atomic E-state index is 0.0755. The SMILES string of the molecule is COc1ccc(CC(=O)NNc2cc(=O)n(C)c(=O)n2C)cc1OC. The largest absolute Gasteiger partial charge is 0.493 e. The molecule has 1 amide bonds. The third-order valence-corrected chi connectivity index (χ3v) is 3.67. The van der Waals surface area contributed by atoms with Gasteiger partial charge in [0.1, 0.15) is 5.82 Å². The summed E-state index contributed by atoms with van der Waals surface area (Å²) in [5, 5.41) is 0. The second-order valence-corrected chi connectivity index (χ2v) is 5.31. The lowest BCUT2D eigenvalue weighted by atomic mass is 10.1. The molecular weight excluding hydrogens is 328 g/mol. The highest BCUT2D eigenvalue weighted by molar-refractivity contribution is 5.79. The van der Waals surface area contributed by atoms with E-state index in [2.05, 4.69) is 10.9 Å². The molecule has 9 heteroatoms. The Kier molecular flexibility index (Phi) is 5.48. The first-order valence-electron chi connectivity index (χ1n) is 7.40. The number of hydrogen-bond donors (Lipinski definition) is 2. The van der Waals surface area contributed by atoms with Gasteiger partial charge in [-0.15, -0.1) is 0 Å². The van der Waals surface area contributed by atoms with Crippen molar-refractivity contribution in [2.45, 2.75) is 6.42 Å². The Morgan fingerprint density at radius 3 is 2.36 bits per heavy atom. The average Bonchev–Trinajstić information content (AvgIpc) is 2.61. The Labute approximate surface area is 143 Å². The number of benzene rings is 1. The van der Waals surface area contributed by atoms with Crippen molar-refractivity contribution >= 4 is 11.7 Å². The Bertz CT molecular complexity index is 900. The van der Waals surface area contributed by atoms with Crippen LogP contribution in [0.2, 0.25) is 0 Å². The lowest BCUT2D eigenvalue weighted by Crippen LogP contribution is -2.40. The molecule has 0 radical (unpaired) electrons. The molecule has 1 aromatic heterocycles. The van der Waals surface area contributed by atoms with Gasteiger partial charge >= 0.3 is 5.69 Å². The van der Waals surface area contributed by atoms with Crippen LogP contribution in [0.3, 0.4) is 0 Å². The molecule has 134 valence electrons. The van der Waals surface area contributed by atoms with Crippen molar-refractivity contribution in [1.82, 2.24) is 14.6 Å². The summed E-state index contributed by atoms with van der Waals surface area (Å²) in [5.74, 6) is 0.934. The second-order valence-electron chi connectivity index (χ2n) is 5.31. The molecule has 0 unspecified atom stereocenters. The number of nitrogens with one attached hydrogen (secondary N) is 2. The smallest absolute Gasteiger partial charge is 0.332 e. The summed E-state index contributed by atoms with van der Waals surface area (Å²) >= 11 is 0. The van der Waals surface area contributed by atoms with Gasteiger partial charge in [-0.05, 0) is 17.7 Å². The van der Waals surface area contributed by atoms with E-state index in [1.807, 2.05) is 0 Å². The number of carbonyl (C=O) groups excluding carboxylic acids is 1. The molecule has 0 aliphatic rings. The lowest BCUT2D eigenvalue weighted by molar-refractivity contribution is -0.119. The lowest BCUT2D eigenvalue weighted by Gasteiger charge is -2.13. The van der Waals surface area contributed by atoms with Crippen LogP contribution in [0.5, 0.6) is 11.5 Å². The summed E-state index contributed by atoms with van der Waals surface area (Å²) in [6, 6.07) is 6.37. The van der Waals surface area contributed by atoms with Crippen LogP contribution in [0, 0.1) is 0 Å². The monoisotopic (exact) mass is 348 g/mol. The molecule has 0 bridgehead atoms. The number of hydrazine groups is 1. The van der Waals surface area contributed by atoms with Crippen LogP contribution in [-0.2, 0) is 25.3 Å². The molecule has 9 nitrogen and oxygen atoms in total. The number of hydrogen-bond acceptors (Lipinski definition) is 6. The van der Waals surface area contributed by atoms with Crippen molar-refractivity contribution in [1.29, 1.82) is 0 Å². The standard InChI is InChI=1S/C16H20N4O5/c1-19-13(9-15(22)20(2)16(19)23)17-18-14(21)8-10-5-6-11(24-3)12(7-10)25-4/h5-7,9,17H,8H2,1-4H3,(H,18,21). The summed E-state index contributed by atoms with van der Waals surface area (Å²) in [6.45, 7) is 0. The first-order valence-corrected chi connectivity index (χ1v) is 7.40. The molecule has 2 N–H and O–H groups in total. The van der Waals surface area contributed by atoms with E-state index in [4.69, 9.17) is 9.47 Å². The summed E-state index contributed by atoms with van der Waals surface area (Å²) in [5.41, 5.74) is 4.80. The van der Waals surface area contributed by atoms with Crippen molar-refractivity contribution in [3.63, 3.8) is 0 Å². The molecule has 25 heavy (non-hydrogen) atoms. The Hall–Kier alpha value is -3.23. The van der Waals surface area contributed by atoms with Crippen molar-refractivity contribution in [2.24, 2.45) is 14.1 Å². The molecule has 0 aliphatic heterocycles. The zero-order chi connectivity index (χ0) is 18.6. The molecule has 2 aromatic rings. The maximum atomic E-state index is 12.1. The molecule has 1 aromatic carbocycles. The number of nitrogens with zero attached hydrogens (tertiary/aromatic N) is 2.